The van der Waals surface area contributed by atoms with Crippen LogP contribution in [0.3, 0.4) is 0 Å². The molecule has 0 amide bonds. The molecule has 0 radical (unpaired) electrons. The second-order valence-corrected chi connectivity index (χ2v) is 3.26. The van der Waals surface area contributed by atoms with E-state index in [-0.39, 0.29) is 5.97 Å². The van der Waals surface area contributed by atoms with E-state index in [9.17, 15) is 4.79 Å². The Kier molecular flexibility index (Phi) is 3.58. The fourth-order valence-corrected chi connectivity index (χ4v) is 1.70. The zero-order chi connectivity index (χ0) is 9.68. The second-order valence-electron chi connectivity index (χ2n) is 2.25. The molecule has 0 bridgehead atoms. The average molecular weight is 199 g/mol. The predicted octanol–water partition coefficient (Wildman–Crippen LogP) is 0.0916. The van der Waals surface area contributed by atoms with Gasteiger partial charge in [0.15, 0.2) is 17.4 Å². The molecule has 0 aromatic carbocycles. The number of aliphatic imine (C=N–C) groups is 1. The fourth-order valence-electron chi connectivity index (χ4n) is 0.849. The van der Waals surface area contributed by atoms with Gasteiger partial charge in [-0.3, -0.25) is 5.32 Å². The molecule has 0 aromatic rings. The Morgan fingerprint density at radius 2 is 2.77 bits per heavy atom. The molecule has 1 aliphatic heterocycles. The van der Waals surface area contributed by atoms with Crippen molar-refractivity contribution in [3.05, 3.63) is 0 Å². The molecule has 0 aromatic heterocycles. The van der Waals surface area contributed by atoms with Crippen LogP contribution in [-0.2, 0) is 9.53 Å². The molecule has 13 heavy (non-hydrogen) atoms. The second kappa shape index (κ2) is 4.72. The van der Waals surface area contributed by atoms with Crippen LogP contribution in [0.15, 0.2) is 4.99 Å². The third kappa shape index (κ3) is 2.63. The number of carbonyl (C=O) groups is 1. The Labute approximate surface area is 80.2 Å². The van der Waals surface area contributed by atoms with E-state index in [0.717, 1.165) is 0 Å². The van der Waals surface area contributed by atoms with Gasteiger partial charge >= 0.3 is 5.97 Å². The van der Waals surface area contributed by atoms with Crippen molar-refractivity contribution < 1.29 is 9.53 Å². The maximum absolute atomic E-state index is 11.1. The Bertz CT molecular complexity index is 271. The molecule has 0 spiro atoms. The Morgan fingerprint density at radius 3 is 3.38 bits per heavy atom. The number of nitrogens with one attached hydrogen (secondary N) is 1. The molecule has 0 unspecified atom stereocenters. The number of nitriles is 1. The highest BCUT2D eigenvalue weighted by molar-refractivity contribution is 8.14. The maximum Gasteiger partial charge on any atom is 0.331 e. The predicted molar refractivity (Wildman–Crippen MR) is 49.1 cm³/mol. The summed E-state index contributed by atoms with van der Waals surface area (Å²) in [6, 6.07) is -0.458. The molecule has 0 fully saturated rings. The summed E-state index contributed by atoms with van der Waals surface area (Å²) in [5.41, 5.74) is 0. The molecular formula is C7H9N3O2S. The number of amidine groups is 1. The minimum Gasteiger partial charge on any atom is -0.464 e. The standard InChI is InChI=1S/C7H9N3O2S/c1-2-12-6(11)5-3-13-7(10-5)9-4-8/h5H,2-3H2,1H3,(H,9,10)/t5-/m0/s1. The summed E-state index contributed by atoms with van der Waals surface area (Å²) < 4.78 is 4.78. The van der Waals surface area contributed by atoms with E-state index < -0.39 is 6.04 Å². The summed E-state index contributed by atoms with van der Waals surface area (Å²) in [5, 5.41) is 11.2. The molecule has 1 aliphatic rings. The molecular weight excluding hydrogens is 190 g/mol. The Hall–Kier alpha value is -1.22. The monoisotopic (exact) mass is 199 g/mol. The first-order chi connectivity index (χ1) is 6.27. The van der Waals surface area contributed by atoms with Crippen molar-refractivity contribution in [2.24, 2.45) is 4.99 Å². The lowest BCUT2D eigenvalue weighted by Crippen LogP contribution is -2.21. The van der Waals surface area contributed by atoms with Gasteiger partial charge in [-0.2, -0.15) is 5.26 Å². The van der Waals surface area contributed by atoms with Crippen LogP contribution in [0.2, 0.25) is 0 Å². The van der Waals surface area contributed by atoms with Gasteiger partial charge in [-0.15, -0.1) is 0 Å². The quantitative estimate of drug-likeness (QED) is 0.387. The number of carbonyl (C=O) groups excluding carboxylic acids is 1. The summed E-state index contributed by atoms with van der Waals surface area (Å²) in [7, 11) is 0. The van der Waals surface area contributed by atoms with Crippen molar-refractivity contribution in [3.8, 4) is 6.19 Å². The SMILES string of the molecule is CCOC(=O)[C@@H]1CSC(NC#N)=N1. The van der Waals surface area contributed by atoms with E-state index in [0.29, 0.717) is 17.5 Å². The lowest BCUT2D eigenvalue weighted by atomic mass is 10.4. The number of ether oxygens (including phenoxy) is 1. The van der Waals surface area contributed by atoms with Gasteiger partial charge in [-0.1, -0.05) is 11.8 Å². The zero-order valence-corrected chi connectivity index (χ0v) is 7.93. The Morgan fingerprint density at radius 1 is 2.00 bits per heavy atom. The van der Waals surface area contributed by atoms with E-state index >= 15 is 0 Å². The summed E-state index contributed by atoms with van der Waals surface area (Å²) in [6.07, 6.45) is 1.75. The Balaban J connectivity index is 2.48. The fraction of sp³-hybridized carbons (Fsp3) is 0.571. The topological polar surface area (TPSA) is 74.5 Å². The summed E-state index contributed by atoms with van der Waals surface area (Å²) in [5.74, 6) is 0.216. The summed E-state index contributed by atoms with van der Waals surface area (Å²) in [4.78, 5) is 15.1. The van der Waals surface area contributed by atoms with Crippen molar-refractivity contribution in [3.63, 3.8) is 0 Å². The number of hydrogen-bond acceptors (Lipinski definition) is 6. The van der Waals surface area contributed by atoms with Crippen LogP contribution in [0.5, 0.6) is 0 Å². The molecule has 1 heterocycles. The van der Waals surface area contributed by atoms with Crippen LogP contribution >= 0.6 is 11.8 Å². The van der Waals surface area contributed by atoms with Crippen molar-refractivity contribution in [1.29, 1.82) is 5.26 Å². The largest absolute Gasteiger partial charge is 0.464 e. The molecule has 70 valence electrons. The third-order valence-electron chi connectivity index (χ3n) is 1.37. The normalized spacial score (nSPS) is 20.3. The van der Waals surface area contributed by atoms with Crippen molar-refractivity contribution in [2.75, 3.05) is 12.4 Å². The number of rotatable bonds is 2. The van der Waals surface area contributed by atoms with Crippen LogP contribution in [0, 0.1) is 11.5 Å². The minimum atomic E-state index is -0.458. The minimum absolute atomic E-state index is 0.329. The van der Waals surface area contributed by atoms with Gasteiger partial charge in [0, 0.05) is 5.75 Å². The van der Waals surface area contributed by atoms with Crippen LogP contribution in [0.25, 0.3) is 0 Å². The van der Waals surface area contributed by atoms with E-state index in [1.807, 2.05) is 0 Å². The third-order valence-corrected chi connectivity index (χ3v) is 2.34. The van der Waals surface area contributed by atoms with Gasteiger partial charge < -0.3 is 4.74 Å². The van der Waals surface area contributed by atoms with Crippen molar-refractivity contribution in [1.82, 2.24) is 5.32 Å². The number of esters is 1. The molecule has 1 atom stereocenters. The highest BCUT2D eigenvalue weighted by atomic mass is 32.2. The number of hydrogen-bond donors (Lipinski definition) is 1. The zero-order valence-electron chi connectivity index (χ0n) is 7.11. The van der Waals surface area contributed by atoms with Gasteiger partial charge in [0.25, 0.3) is 0 Å². The highest BCUT2D eigenvalue weighted by Gasteiger charge is 2.25. The lowest BCUT2D eigenvalue weighted by molar-refractivity contribution is -0.143. The first kappa shape index (κ1) is 9.86. The molecule has 6 heteroatoms. The van der Waals surface area contributed by atoms with Crippen LogP contribution in [0.1, 0.15) is 6.92 Å². The molecule has 1 N–H and O–H groups in total. The first-order valence-corrected chi connectivity index (χ1v) is 4.78. The maximum atomic E-state index is 11.1. The van der Waals surface area contributed by atoms with E-state index in [2.05, 4.69) is 10.3 Å². The average Bonchev–Trinajstić information content (AvgIpc) is 2.54. The van der Waals surface area contributed by atoms with E-state index in [1.54, 1.807) is 13.1 Å². The molecule has 5 nitrogen and oxygen atoms in total. The van der Waals surface area contributed by atoms with Gasteiger partial charge in [0.1, 0.15) is 0 Å². The smallest absolute Gasteiger partial charge is 0.331 e. The van der Waals surface area contributed by atoms with Gasteiger partial charge in [0.2, 0.25) is 0 Å². The molecule has 0 saturated heterocycles. The van der Waals surface area contributed by atoms with Crippen LogP contribution in [-0.4, -0.2) is 29.5 Å². The highest BCUT2D eigenvalue weighted by Crippen LogP contribution is 2.17. The summed E-state index contributed by atoms with van der Waals surface area (Å²) in [6.45, 7) is 2.11. The molecule has 0 aliphatic carbocycles. The summed E-state index contributed by atoms with van der Waals surface area (Å²) >= 11 is 1.34. The first-order valence-electron chi connectivity index (χ1n) is 3.80. The molecule has 0 saturated carbocycles. The van der Waals surface area contributed by atoms with Gasteiger partial charge in [0.05, 0.1) is 6.61 Å². The van der Waals surface area contributed by atoms with Gasteiger partial charge in [-0.25, -0.2) is 9.79 Å². The van der Waals surface area contributed by atoms with E-state index in [4.69, 9.17) is 10.00 Å². The number of thioether (sulfide) groups is 1. The van der Waals surface area contributed by atoms with Gasteiger partial charge in [-0.05, 0) is 6.92 Å². The van der Waals surface area contributed by atoms with Crippen molar-refractivity contribution >= 4 is 22.9 Å². The van der Waals surface area contributed by atoms with Crippen LogP contribution < -0.4 is 5.32 Å². The lowest BCUT2D eigenvalue weighted by Gasteiger charge is -2.03. The van der Waals surface area contributed by atoms with Crippen molar-refractivity contribution in [2.45, 2.75) is 13.0 Å². The molecule has 1 rings (SSSR count). The number of nitrogens with zero attached hydrogens (tertiary/aromatic N) is 2. The van der Waals surface area contributed by atoms with E-state index in [1.165, 1.54) is 11.8 Å². The van der Waals surface area contributed by atoms with Crippen LogP contribution in [0.4, 0.5) is 0 Å².